The first kappa shape index (κ1) is 13.2. The molecule has 1 nitrogen and oxygen atoms in total. The number of hydrogen-bond acceptors (Lipinski definition) is 1. The summed E-state index contributed by atoms with van der Waals surface area (Å²) in [5, 5.41) is 0. The third-order valence-electron chi connectivity index (χ3n) is 3.70. The highest BCUT2D eigenvalue weighted by Crippen LogP contribution is 2.24. The fourth-order valence-electron chi connectivity index (χ4n) is 2.11. The summed E-state index contributed by atoms with van der Waals surface area (Å²) in [5.41, 5.74) is 10.2. The van der Waals surface area contributed by atoms with Gasteiger partial charge in [0.1, 0.15) is 0 Å². The van der Waals surface area contributed by atoms with E-state index < -0.39 is 0 Å². The highest BCUT2D eigenvalue weighted by atomic mass is 14.6. The van der Waals surface area contributed by atoms with Gasteiger partial charge in [-0.2, -0.15) is 0 Å². The summed E-state index contributed by atoms with van der Waals surface area (Å²) in [7, 11) is 0. The minimum absolute atomic E-state index is 0.198. The van der Waals surface area contributed by atoms with Crippen LogP contribution in [0.3, 0.4) is 0 Å². The smallest absolute Gasteiger partial charge is 0.0297 e. The molecule has 2 N–H and O–H groups in total. The molecule has 0 radical (unpaired) electrons. The van der Waals surface area contributed by atoms with Crippen LogP contribution >= 0.6 is 0 Å². The van der Waals surface area contributed by atoms with Crippen LogP contribution < -0.4 is 5.73 Å². The molecule has 0 aliphatic heterocycles. The van der Waals surface area contributed by atoms with Gasteiger partial charge >= 0.3 is 0 Å². The lowest BCUT2D eigenvalue weighted by Gasteiger charge is -2.19. The van der Waals surface area contributed by atoms with Gasteiger partial charge in [0, 0.05) is 6.04 Å². The molecule has 0 spiro atoms. The van der Waals surface area contributed by atoms with Crippen molar-refractivity contribution < 1.29 is 0 Å². The molecule has 1 heteroatoms. The molecule has 0 bridgehead atoms. The monoisotopic (exact) mass is 219 g/mol. The van der Waals surface area contributed by atoms with Crippen molar-refractivity contribution in [3.63, 3.8) is 0 Å². The molecule has 1 aromatic carbocycles. The van der Waals surface area contributed by atoms with Crippen molar-refractivity contribution in [1.82, 2.24) is 0 Å². The van der Waals surface area contributed by atoms with E-state index in [1.54, 1.807) is 0 Å². The molecular weight excluding hydrogens is 194 g/mol. The zero-order valence-electron chi connectivity index (χ0n) is 11.1. The van der Waals surface area contributed by atoms with Gasteiger partial charge in [-0.3, -0.25) is 0 Å². The number of nitrogens with two attached hydrogens (primary N) is 1. The van der Waals surface area contributed by atoms with Crippen LogP contribution in [0.5, 0.6) is 0 Å². The third-order valence-corrected chi connectivity index (χ3v) is 3.70. The van der Waals surface area contributed by atoms with Gasteiger partial charge in [-0.15, -0.1) is 0 Å². The van der Waals surface area contributed by atoms with Crippen molar-refractivity contribution >= 4 is 0 Å². The molecule has 0 heterocycles. The molecule has 1 rings (SSSR count). The first-order valence-electron chi connectivity index (χ1n) is 6.41. The molecule has 0 aromatic heterocycles. The minimum atomic E-state index is 0.198. The molecule has 1 aromatic rings. The predicted molar refractivity (Wildman–Crippen MR) is 71.5 cm³/mol. The molecule has 0 amide bonds. The van der Waals surface area contributed by atoms with E-state index in [4.69, 9.17) is 5.73 Å². The Kier molecular flexibility index (Phi) is 5.01. The highest BCUT2D eigenvalue weighted by molar-refractivity contribution is 5.31. The van der Waals surface area contributed by atoms with Crippen LogP contribution in [0, 0.1) is 19.8 Å². The van der Waals surface area contributed by atoms with E-state index in [1.165, 1.54) is 29.5 Å². The van der Waals surface area contributed by atoms with E-state index in [0.717, 1.165) is 12.3 Å². The second-order valence-corrected chi connectivity index (χ2v) is 4.87. The fraction of sp³-hybridized carbons (Fsp3) is 0.600. The number of aryl methyl sites for hydroxylation is 2. The van der Waals surface area contributed by atoms with Crippen molar-refractivity contribution in [2.24, 2.45) is 11.7 Å². The predicted octanol–water partition coefficient (Wildman–Crippen LogP) is 4.13. The average Bonchev–Trinajstić information content (AvgIpc) is 2.29. The SMILES string of the molecule is CCC(CC)CC(N)c1ccc(C)c(C)c1. The maximum Gasteiger partial charge on any atom is 0.0297 e. The third kappa shape index (κ3) is 3.34. The summed E-state index contributed by atoms with van der Waals surface area (Å²) in [6.07, 6.45) is 3.57. The molecule has 1 unspecified atom stereocenters. The maximum atomic E-state index is 6.27. The van der Waals surface area contributed by atoms with Crippen LogP contribution in [0.2, 0.25) is 0 Å². The summed E-state index contributed by atoms with van der Waals surface area (Å²) in [6.45, 7) is 8.80. The Balaban J connectivity index is 2.72. The second kappa shape index (κ2) is 6.05. The molecule has 90 valence electrons. The van der Waals surface area contributed by atoms with E-state index in [2.05, 4.69) is 45.9 Å². The van der Waals surface area contributed by atoms with Crippen LogP contribution in [-0.2, 0) is 0 Å². The van der Waals surface area contributed by atoms with Gasteiger partial charge in [0.2, 0.25) is 0 Å². The summed E-state index contributed by atoms with van der Waals surface area (Å²) < 4.78 is 0. The lowest BCUT2D eigenvalue weighted by Crippen LogP contribution is -2.15. The zero-order valence-corrected chi connectivity index (χ0v) is 11.1. The van der Waals surface area contributed by atoms with Crippen molar-refractivity contribution in [2.45, 2.75) is 53.0 Å². The standard InChI is InChI=1S/C15H25N/c1-5-13(6-2)10-15(16)14-8-7-11(3)12(4)9-14/h7-9,13,15H,5-6,10,16H2,1-4H3. The van der Waals surface area contributed by atoms with Gasteiger partial charge in [-0.05, 0) is 42.9 Å². The van der Waals surface area contributed by atoms with Gasteiger partial charge in [-0.1, -0.05) is 44.9 Å². The van der Waals surface area contributed by atoms with Crippen molar-refractivity contribution in [3.8, 4) is 0 Å². The molecule has 0 aliphatic carbocycles. The summed E-state index contributed by atoms with van der Waals surface area (Å²) in [5.74, 6) is 0.761. The highest BCUT2D eigenvalue weighted by Gasteiger charge is 2.12. The van der Waals surface area contributed by atoms with E-state index >= 15 is 0 Å². The van der Waals surface area contributed by atoms with Crippen molar-refractivity contribution in [3.05, 3.63) is 34.9 Å². The number of benzene rings is 1. The Hall–Kier alpha value is -0.820. The summed E-state index contributed by atoms with van der Waals surface area (Å²) in [4.78, 5) is 0. The topological polar surface area (TPSA) is 26.0 Å². The molecule has 1 atom stereocenters. The van der Waals surface area contributed by atoms with Crippen LogP contribution in [0.25, 0.3) is 0 Å². The van der Waals surface area contributed by atoms with E-state index in [1.807, 2.05) is 0 Å². The molecule has 16 heavy (non-hydrogen) atoms. The Morgan fingerprint density at radius 1 is 1.06 bits per heavy atom. The van der Waals surface area contributed by atoms with E-state index in [0.29, 0.717) is 0 Å². The first-order chi connectivity index (χ1) is 7.58. The zero-order chi connectivity index (χ0) is 12.1. The normalized spacial score (nSPS) is 13.1. The van der Waals surface area contributed by atoms with Gasteiger partial charge in [-0.25, -0.2) is 0 Å². The van der Waals surface area contributed by atoms with Crippen molar-refractivity contribution in [2.75, 3.05) is 0 Å². The van der Waals surface area contributed by atoms with Crippen LogP contribution in [-0.4, -0.2) is 0 Å². The Bertz CT molecular complexity index is 326. The van der Waals surface area contributed by atoms with Crippen molar-refractivity contribution in [1.29, 1.82) is 0 Å². The van der Waals surface area contributed by atoms with E-state index in [-0.39, 0.29) is 6.04 Å². The van der Waals surface area contributed by atoms with Crippen LogP contribution in [0.1, 0.15) is 55.8 Å². The van der Waals surface area contributed by atoms with Gasteiger partial charge < -0.3 is 5.73 Å². The molecule has 0 saturated carbocycles. The lowest BCUT2D eigenvalue weighted by atomic mass is 9.90. The first-order valence-corrected chi connectivity index (χ1v) is 6.41. The van der Waals surface area contributed by atoms with Crippen LogP contribution in [0.4, 0.5) is 0 Å². The Morgan fingerprint density at radius 2 is 1.69 bits per heavy atom. The Labute approximate surface area is 100 Å². The van der Waals surface area contributed by atoms with Gasteiger partial charge in [0.25, 0.3) is 0 Å². The second-order valence-electron chi connectivity index (χ2n) is 4.87. The molecule has 0 saturated heterocycles. The minimum Gasteiger partial charge on any atom is -0.324 e. The molecular formula is C15H25N. The van der Waals surface area contributed by atoms with Gasteiger partial charge in [0.05, 0.1) is 0 Å². The van der Waals surface area contributed by atoms with Crippen LogP contribution in [0.15, 0.2) is 18.2 Å². The summed E-state index contributed by atoms with van der Waals surface area (Å²) in [6, 6.07) is 6.79. The largest absolute Gasteiger partial charge is 0.324 e. The van der Waals surface area contributed by atoms with E-state index in [9.17, 15) is 0 Å². The number of rotatable bonds is 5. The summed E-state index contributed by atoms with van der Waals surface area (Å²) >= 11 is 0. The lowest BCUT2D eigenvalue weighted by molar-refractivity contribution is 0.414. The molecule has 0 fully saturated rings. The molecule has 0 aliphatic rings. The maximum absolute atomic E-state index is 6.27. The number of hydrogen-bond donors (Lipinski definition) is 1. The fourth-order valence-corrected chi connectivity index (χ4v) is 2.11. The Morgan fingerprint density at radius 3 is 2.19 bits per heavy atom. The quantitative estimate of drug-likeness (QED) is 0.791. The van der Waals surface area contributed by atoms with Gasteiger partial charge in [0.15, 0.2) is 0 Å². The average molecular weight is 219 g/mol.